The van der Waals surface area contributed by atoms with Crippen LogP contribution in [0, 0.1) is 12.3 Å². The summed E-state index contributed by atoms with van der Waals surface area (Å²) in [6.45, 7) is 4.91. The molecule has 0 aromatic carbocycles. The van der Waals surface area contributed by atoms with Crippen molar-refractivity contribution in [2.75, 3.05) is 11.9 Å². The minimum Gasteiger partial charge on any atom is -0.478 e. The Morgan fingerprint density at radius 1 is 1.42 bits per heavy atom. The van der Waals surface area contributed by atoms with Crippen molar-refractivity contribution in [3.05, 3.63) is 23.4 Å². The van der Waals surface area contributed by atoms with Gasteiger partial charge in [-0.05, 0) is 43.7 Å². The minimum absolute atomic E-state index is 0.259. The predicted molar refractivity (Wildman–Crippen MR) is 75.6 cm³/mol. The molecule has 0 radical (unpaired) electrons. The number of aromatic carboxylic acids is 1. The molecule has 2 rings (SSSR count). The number of carbonyl (C=O) groups is 1. The minimum atomic E-state index is -0.924. The lowest BCUT2D eigenvalue weighted by molar-refractivity contribution is 0.0697. The maximum atomic E-state index is 11.2. The predicted octanol–water partition coefficient (Wildman–Crippen LogP) is 3.47. The fraction of sp³-hybridized carbons (Fsp3) is 0.600. The van der Waals surface area contributed by atoms with Gasteiger partial charge in [-0.25, -0.2) is 9.78 Å². The van der Waals surface area contributed by atoms with Crippen LogP contribution in [0.15, 0.2) is 12.1 Å². The van der Waals surface area contributed by atoms with Crippen molar-refractivity contribution in [3.8, 4) is 0 Å². The molecule has 4 heteroatoms. The van der Waals surface area contributed by atoms with Crippen LogP contribution < -0.4 is 5.32 Å². The second-order valence-electron chi connectivity index (χ2n) is 5.57. The van der Waals surface area contributed by atoms with Gasteiger partial charge < -0.3 is 10.4 Å². The molecule has 1 aromatic rings. The zero-order chi connectivity index (χ0) is 13.9. The molecule has 0 amide bonds. The Balaban J connectivity index is 2.14. The molecule has 0 bridgehead atoms. The third-order valence-electron chi connectivity index (χ3n) is 4.31. The zero-order valence-electron chi connectivity index (χ0n) is 11.7. The van der Waals surface area contributed by atoms with Gasteiger partial charge in [0, 0.05) is 12.2 Å². The number of aryl methyl sites for hydroxylation is 1. The third-order valence-corrected chi connectivity index (χ3v) is 4.31. The van der Waals surface area contributed by atoms with E-state index in [2.05, 4.69) is 17.2 Å². The van der Waals surface area contributed by atoms with Gasteiger partial charge in [0.25, 0.3) is 0 Å². The monoisotopic (exact) mass is 262 g/mol. The summed E-state index contributed by atoms with van der Waals surface area (Å²) >= 11 is 0. The fourth-order valence-electron chi connectivity index (χ4n) is 2.92. The highest BCUT2D eigenvalue weighted by Crippen LogP contribution is 2.40. The van der Waals surface area contributed by atoms with E-state index in [0.29, 0.717) is 11.2 Å². The van der Waals surface area contributed by atoms with Crippen LogP contribution in [0.5, 0.6) is 0 Å². The Morgan fingerprint density at radius 3 is 2.68 bits per heavy atom. The van der Waals surface area contributed by atoms with Crippen molar-refractivity contribution in [3.63, 3.8) is 0 Å². The van der Waals surface area contributed by atoms with Gasteiger partial charge in [-0.3, -0.25) is 0 Å². The number of anilines is 1. The van der Waals surface area contributed by atoms with Gasteiger partial charge in [-0.1, -0.05) is 19.8 Å². The maximum absolute atomic E-state index is 11.2. The van der Waals surface area contributed by atoms with Crippen molar-refractivity contribution >= 4 is 11.8 Å². The highest BCUT2D eigenvalue weighted by atomic mass is 16.4. The first-order valence-electron chi connectivity index (χ1n) is 7.01. The number of pyridine rings is 1. The molecule has 1 aromatic heterocycles. The van der Waals surface area contributed by atoms with Crippen molar-refractivity contribution < 1.29 is 9.90 Å². The van der Waals surface area contributed by atoms with E-state index in [0.717, 1.165) is 18.7 Å². The molecule has 1 heterocycles. The molecular formula is C15H22N2O2. The Morgan fingerprint density at radius 2 is 2.11 bits per heavy atom. The summed E-state index contributed by atoms with van der Waals surface area (Å²) in [5.41, 5.74) is 1.42. The van der Waals surface area contributed by atoms with E-state index in [1.165, 1.54) is 25.7 Å². The number of aromatic nitrogens is 1. The molecule has 0 spiro atoms. The van der Waals surface area contributed by atoms with E-state index < -0.39 is 5.97 Å². The first kappa shape index (κ1) is 13.8. The number of hydrogen-bond acceptors (Lipinski definition) is 3. The van der Waals surface area contributed by atoms with Crippen LogP contribution >= 0.6 is 0 Å². The number of hydrogen-bond donors (Lipinski definition) is 2. The van der Waals surface area contributed by atoms with E-state index in [1.54, 1.807) is 12.1 Å². The van der Waals surface area contributed by atoms with Gasteiger partial charge in [-0.2, -0.15) is 0 Å². The summed E-state index contributed by atoms with van der Waals surface area (Å²) in [5.74, 6) is -0.417. The van der Waals surface area contributed by atoms with E-state index in [4.69, 9.17) is 0 Å². The number of nitrogens with one attached hydrogen (secondary N) is 1. The molecular weight excluding hydrogens is 240 g/mol. The molecule has 0 atom stereocenters. The van der Waals surface area contributed by atoms with Crippen LogP contribution in [-0.4, -0.2) is 22.6 Å². The summed E-state index contributed by atoms with van der Waals surface area (Å²) < 4.78 is 0. The molecule has 0 aliphatic heterocycles. The van der Waals surface area contributed by atoms with Crippen LogP contribution in [0.4, 0.5) is 5.82 Å². The van der Waals surface area contributed by atoms with Gasteiger partial charge >= 0.3 is 5.97 Å². The number of carboxylic acid groups (broad SMARTS) is 1. The van der Waals surface area contributed by atoms with Gasteiger partial charge in [-0.15, -0.1) is 0 Å². The smallest absolute Gasteiger partial charge is 0.339 e. The molecule has 0 unspecified atom stereocenters. The summed E-state index contributed by atoms with van der Waals surface area (Å²) in [6.07, 6.45) is 6.15. The van der Waals surface area contributed by atoms with Gasteiger partial charge in [0.2, 0.25) is 0 Å². The lowest BCUT2D eigenvalue weighted by atomic mass is 9.83. The number of rotatable bonds is 5. The molecule has 19 heavy (non-hydrogen) atoms. The SMILES string of the molecule is CCC1(CNc2nc(C)ccc2C(=O)O)CCCC1. The Kier molecular flexibility index (Phi) is 4.08. The van der Waals surface area contributed by atoms with Gasteiger partial charge in [0.1, 0.15) is 11.4 Å². The maximum Gasteiger partial charge on any atom is 0.339 e. The second kappa shape index (κ2) is 5.59. The number of nitrogens with zero attached hydrogens (tertiary/aromatic N) is 1. The standard InChI is InChI=1S/C15H22N2O2/c1-3-15(8-4-5-9-15)10-16-13-12(14(18)19)7-6-11(2)17-13/h6-7H,3-5,8-10H2,1-2H3,(H,16,17)(H,18,19). The second-order valence-corrected chi connectivity index (χ2v) is 5.57. The van der Waals surface area contributed by atoms with Crippen LogP contribution in [0.2, 0.25) is 0 Å². The van der Waals surface area contributed by atoms with E-state index in [9.17, 15) is 9.90 Å². The number of carboxylic acids is 1. The van der Waals surface area contributed by atoms with E-state index >= 15 is 0 Å². The molecule has 0 saturated heterocycles. The lowest BCUT2D eigenvalue weighted by Gasteiger charge is -2.28. The van der Waals surface area contributed by atoms with Gasteiger partial charge in [0.15, 0.2) is 0 Å². The van der Waals surface area contributed by atoms with E-state index in [-0.39, 0.29) is 5.56 Å². The molecule has 1 aliphatic rings. The lowest BCUT2D eigenvalue weighted by Crippen LogP contribution is -2.27. The van der Waals surface area contributed by atoms with Crippen molar-refractivity contribution in [1.82, 2.24) is 4.98 Å². The molecule has 1 aliphatic carbocycles. The summed E-state index contributed by atoms with van der Waals surface area (Å²) in [6, 6.07) is 3.36. The molecule has 104 valence electrons. The summed E-state index contributed by atoms with van der Waals surface area (Å²) in [5, 5.41) is 12.5. The van der Waals surface area contributed by atoms with Crippen LogP contribution in [-0.2, 0) is 0 Å². The highest BCUT2D eigenvalue weighted by Gasteiger charge is 2.32. The average molecular weight is 262 g/mol. The largest absolute Gasteiger partial charge is 0.478 e. The van der Waals surface area contributed by atoms with Crippen molar-refractivity contribution in [1.29, 1.82) is 0 Å². The van der Waals surface area contributed by atoms with Crippen LogP contribution in [0.25, 0.3) is 0 Å². The third kappa shape index (κ3) is 3.06. The molecule has 2 N–H and O–H groups in total. The Labute approximate surface area is 114 Å². The molecule has 4 nitrogen and oxygen atoms in total. The summed E-state index contributed by atoms with van der Waals surface area (Å²) in [7, 11) is 0. The normalized spacial score (nSPS) is 17.4. The quantitative estimate of drug-likeness (QED) is 0.853. The average Bonchev–Trinajstić information content (AvgIpc) is 2.85. The molecule has 1 fully saturated rings. The van der Waals surface area contributed by atoms with Crippen LogP contribution in [0.1, 0.15) is 55.1 Å². The van der Waals surface area contributed by atoms with E-state index in [1.807, 2.05) is 6.92 Å². The topological polar surface area (TPSA) is 62.2 Å². The zero-order valence-corrected chi connectivity index (χ0v) is 11.7. The van der Waals surface area contributed by atoms with Gasteiger partial charge in [0.05, 0.1) is 0 Å². The van der Waals surface area contributed by atoms with Crippen molar-refractivity contribution in [2.24, 2.45) is 5.41 Å². The van der Waals surface area contributed by atoms with Crippen molar-refractivity contribution in [2.45, 2.75) is 46.0 Å². The fourth-order valence-corrected chi connectivity index (χ4v) is 2.92. The molecule has 1 saturated carbocycles. The Hall–Kier alpha value is -1.58. The Bertz CT molecular complexity index is 465. The highest BCUT2D eigenvalue weighted by molar-refractivity contribution is 5.93. The summed E-state index contributed by atoms with van der Waals surface area (Å²) in [4.78, 5) is 15.5. The van der Waals surface area contributed by atoms with Crippen LogP contribution in [0.3, 0.4) is 0 Å². The first-order chi connectivity index (χ1) is 9.06. The first-order valence-corrected chi connectivity index (χ1v) is 7.01.